The molecule has 2 N–H and O–H groups in total. The van der Waals surface area contributed by atoms with E-state index < -0.39 is 10.9 Å². The SMILES string of the molecule is O=C(O)c1cnc(NCc2cc(Br)cs2)c([N+](=O)[O-])c1. The molecule has 0 aliphatic carbocycles. The number of hydrogen-bond acceptors (Lipinski definition) is 6. The second kappa shape index (κ2) is 5.97. The summed E-state index contributed by atoms with van der Waals surface area (Å²) in [5.41, 5.74) is -0.582. The number of halogens is 1. The number of nitro groups is 1. The van der Waals surface area contributed by atoms with Gasteiger partial charge in [0.25, 0.3) is 0 Å². The van der Waals surface area contributed by atoms with Crippen molar-refractivity contribution < 1.29 is 14.8 Å². The van der Waals surface area contributed by atoms with Crippen molar-refractivity contribution in [2.45, 2.75) is 6.54 Å². The van der Waals surface area contributed by atoms with Crippen molar-refractivity contribution in [1.82, 2.24) is 4.98 Å². The molecule has 0 aliphatic rings. The zero-order valence-electron chi connectivity index (χ0n) is 9.87. The molecule has 0 saturated heterocycles. The van der Waals surface area contributed by atoms with Crippen LogP contribution in [0.4, 0.5) is 11.5 Å². The monoisotopic (exact) mass is 357 g/mol. The topological polar surface area (TPSA) is 105 Å². The molecule has 2 aromatic heterocycles. The van der Waals surface area contributed by atoms with Crippen molar-refractivity contribution in [3.8, 4) is 0 Å². The molecule has 0 amide bonds. The maximum atomic E-state index is 10.9. The molecule has 0 bridgehead atoms. The quantitative estimate of drug-likeness (QED) is 0.628. The Morgan fingerprint density at radius 1 is 1.55 bits per heavy atom. The second-order valence-corrected chi connectivity index (χ2v) is 5.65. The lowest BCUT2D eigenvalue weighted by atomic mass is 10.2. The molecule has 0 unspecified atom stereocenters. The molecule has 7 nitrogen and oxygen atoms in total. The van der Waals surface area contributed by atoms with E-state index in [0.29, 0.717) is 6.54 Å². The molecule has 0 saturated carbocycles. The zero-order chi connectivity index (χ0) is 14.7. The summed E-state index contributed by atoms with van der Waals surface area (Å²) in [6, 6.07) is 2.87. The molecule has 9 heteroatoms. The Morgan fingerprint density at radius 2 is 2.30 bits per heavy atom. The largest absolute Gasteiger partial charge is 0.478 e. The van der Waals surface area contributed by atoms with Crippen molar-refractivity contribution in [2.75, 3.05) is 5.32 Å². The fraction of sp³-hybridized carbons (Fsp3) is 0.0909. The van der Waals surface area contributed by atoms with E-state index in [4.69, 9.17) is 5.11 Å². The first kappa shape index (κ1) is 14.4. The summed E-state index contributed by atoms with van der Waals surface area (Å²) < 4.78 is 0.933. The number of aromatic nitrogens is 1. The highest BCUT2D eigenvalue weighted by atomic mass is 79.9. The Bertz CT molecular complexity index is 673. The van der Waals surface area contributed by atoms with Gasteiger partial charge in [0.05, 0.1) is 17.0 Å². The molecule has 0 fully saturated rings. The van der Waals surface area contributed by atoms with Crippen LogP contribution in [0.2, 0.25) is 0 Å². The molecule has 2 rings (SSSR count). The summed E-state index contributed by atoms with van der Waals surface area (Å²) in [7, 11) is 0. The minimum absolute atomic E-state index is 0.0459. The van der Waals surface area contributed by atoms with E-state index in [9.17, 15) is 14.9 Å². The number of carbonyl (C=O) groups is 1. The molecule has 2 aromatic rings. The highest BCUT2D eigenvalue weighted by Crippen LogP contribution is 2.25. The number of carboxylic acid groups (broad SMARTS) is 1. The van der Waals surface area contributed by atoms with Crippen LogP contribution in [0.3, 0.4) is 0 Å². The first-order chi connectivity index (χ1) is 9.47. The van der Waals surface area contributed by atoms with Crippen LogP contribution in [0, 0.1) is 10.1 Å². The van der Waals surface area contributed by atoms with Gasteiger partial charge >= 0.3 is 11.7 Å². The summed E-state index contributed by atoms with van der Waals surface area (Å²) in [5, 5.41) is 24.5. The van der Waals surface area contributed by atoms with Gasteiger partial charge in [-0.2, -0.15) is 0 Å². The van der Waals surface area contributed by atoms with E-state index in [1.165, 1.54) is 11.3 Å². The fourth-order valence-electron chi connectivity index (χ4n) is 1.46. The molecule has 104 valence electrons. The highest BCUT2D eigenvalue weighted by Gasteiger charge is 2.18. The third-order valence-corrected chi connectivity index (χ3v) is 4.06. The number of nitrogens with zero attached hydrogens (tertiary/aromatic N) is 2. The molecule has 0 atom stereocenters. The fourth-order valence-corrected chi connectivity index (χ4v) is 2.85. The smallest absolute Gasteiger partial charge is 0.337 e. The number of hydrogen-bond donors (Lipinski definition) is 2. The second-order valence-electron chi connectivity index (χ2n) is 3.74. The van der Waals surface area contributed by atoms with E-state index in [2.05, 4.69) is 26.2 Å². The van der Waals surface area contributed by atoms with Crippen LogP contribution in [0.25, 0.3) is 0 Å². The lowest BCUT2D eigenvalue weighted by Crippen LogP contribution is -2.06. The lowest BCUT2D eigenvalue weighted by molar-refractivity contribution is -0.384. The Balaban J connectivity index is 2.22. The van der Waals surface area contributed by atoms with Gasteiger partial charge in [-0.1, -0.05) is 0 Å². The Hall–Kier alpha value is -2.00. The number of rotatable bonds is 5. The number of thiophene rings is 1. The highest BCUT2D eigenvalue weighted by molar-refractivity contribution is 9.10. The number of carboxylic acids is 1. The third-order valence-electron chi connectivity index (χ3n) is 2.36. The molecular formula is C11H8BrN3O4S. The number of aromatic carboxylic acids is 1. The van der Waals surface area contributed by atoms with E-state index in [-0.39, 0.29) is 17.1 Å². The average molecular weight is 358 g/mol. The Labute approximate surface area is 125 Å². The summed E-state index contributed by atoms with van der Waals surface area (Å²) in [6.07, 6.45) is 1.09. The first-order valence-electron chi connectivity index (χ1n) is 5.32. The molecule has 0 aromatic carbocycles. The lowest BCUT2D eigenvalue weighted by Gasteiger charge is -2.05. The van der Waals surface area contributed by atoms with E-state index >= 15 is 0 Å². The van der Waals surface area contributed by atoms with Gasteiger partial charge in [0, 0.05) is 27.0 Å². The summed E-state index contributed by atoms with van der Waals surface area (Å²) >= 11 is 4.81. The summed E-state index contributed by atoms with van der Waals surface area (Å²) in [4.78, 5) is 25.8. The maximum Gasteiger partial charge on any atom is 0.337 e. The zero-order valence-corrected chi connectivity index (χ0v) is 12.3. The summed E-state index contributed by atoms with van der Waals surface area (Å²) in [6.45, 7) is 0.372. The molecule has 0 aliphatic heterocycles. The van der Waals surface area contributed by atoms with Crippen LogP contribution >= 0.6 is 27.3 Å². The predicted molar refractivity (Wildman–Crippen MR) is 77.2 cm³/mol. The van der Waals surface area contributed by atoms with E-state index in [1.807, 2.05) is 11.4 Å². The van der Waals surface area contributed by atoms with Crippen molar-refractivity contribution >= 4 is 44.7 Å². The van der Waals surface area contributed by atoms with Crippen LogP contribution in [-0.4, -0.2) is 21.0 Å². The van der Waals surface area contributed by atoms with Gasteiger partial charge in [-0.3, -0.25) is 10.1 Å². The van der Waals surface area contributed by atoms with Crippen molar-refractivity contribution in [3.05, 3.63) is 48.7 Å². The van der Waals surface area contributed by atoms with Crippen molar-refractivity contribution in [2.24, 2.45) is 0 Å². The number of anilines is 1. The summed E-state index contributed by atoms with van der Waals surface area (Å²) in [5.74, 6) is -1.21. The predicted octanol–water partition coefficient (Wildman–Crippen LogP) is 3.12. The minimum atomic E-state index is -1.26. The van der Waals surface area contributed by atoms with Crippen LogP contribution in [0.1, 0.15) is 15.2 Å². The normalized spacial score (nSPS) is 10.2. The van der Waals surface area contributed by atoms with Gasteiger partial charge in [0.15, 0.2) is 0 Å². The van der Waals surface area contributed by atoms with Gasteiger partial charge in [-0.05, 0) is 22.0 Å². The molecule has 0 radical (unpaired) electrons. The first-order valence-corrected chi connectivity index (χ1v) is 6.99. The standard InChI is InChI=1S/C11H8BrN3O4S/c12-7-2-8(20-5-7)4-14-10-9(15(18)19)1-6(3-13-10)11(16)17/h1-3,5H,4H2,(H,13,14)(H,16,17). The third kappa shape index (κ3) is 3.31. The molecular weight excluding hydrogens is 350 g/mol. The maximum absolute atomic E-state index is 10.9. The van der Waals surface area contributed by atoms with Crippen LogP contribution in [0.15, 0.2) is 28.2 Å². The van der Waals surface area contributed by atoms with E-state index in [0.717, 1.165) is 21.6 Å². The Kier molecular flexibility index (Phi) is 4.30. The Morgan fingerprint density at radius 3 is 2.85 bits per heavy atom. The van der Waals surface area contributed by atoms with Gasteiger partial charge in [-0.15, -0.1) is 11.3 Å². The molecule has 2 heterocycles. The van der Waals surface area contributed by atoms with Crippen LogP contribution in [0.5, 0.6) is 0 Å². The van der Waals surface area contributed by atoms with Gasteiger partial charge in [0.2, 0.25) is 5.82 Å². The minimum Gasteiger partial charge on any atom is -0.478 e. The molecule has 0 spiro atoms. The van der Waals surface area contributed by atoms with E-state index in [1.54, 1.807) is 0 Å². The van der Waals surface area contributed by atoms with Gasteiger partial charge in [0.1, 0.15) is 0 Å². The average Bonchev–Trinajstić information content (AvgIpc) is 2.81. The van der Waals surface area contributed by atoms with Gasteiger partial charge in [-0.25, -0.2) is 9.78 Å². The molecule has 20 heavy (non-hydrogen) atoms. The van der Waals surface area contributed by atoms with Crippen LogP contribution in [-0.2, 0) is 6.54 Å². The number of pyridine rings is 1. The van der Waals surface area contributed by atoms with Crippen LogP contribution < -0.4 is 5.32 Å². The van der Waals surface area contributed by atoms with Crippen molar-refractivity contribution in [1.29, 1.82) is 0 Å². The van der Waals surface area contributed by atoms with Gasteiger partial charge < -0.3 is 10.4 Å². The van der Waals surface area contributed by atoms with Crippen molar-refractivity contribution in [3.63, 3.8) is 0 Å². The number of nitrogens with one attached hydrogen (secondary N) is 1.